The average molecular weight is 341 g/mol. The van der Waals surface area contributed by atoms with Crippen LogP contribution >= 0.6 is 0 Å². The highest BCUT2D eigenvalue weighted by atomic mass is 16.5. The maximum Gasteiger partial charge on any atom is 0.275 e. The van der Waals surface area contributed by atoms with Gasteiger partial charge in [-0.2, -0.15) is 5.10 Å². The number of carbonyl (C=O) groups is 1. The summed E-state index contributed by atoms with van der Waals surface area (Å²) in [5.74, 6) is 0.429. The molecular weight excluding hydrogens is 314 g/mol. The van der Waals surface area contributed by atoms with Gasteiger partial charge in [-0.25, -0.2) is 5.43 Å². The summed E-state index contributed by atoms with van der Waals surface area (Å²) in [6.45, 7) is 10.4. The van der Waals surface area contributed by atoms with Crippen molar-refractivity contribution in [1.29, 1.82) is 0 Å². The molecule has 5 heteroatoms. The summed E-state index contributed by atoms with van der Waals surface area (Å²) in [4.78, 5) is 16.4. The van der Waals surface area contributed by atoms with Gasteiger partial charge in [0.15, 0.2) is 0 Å². The first-order chi connectivity index (χ1) is 12.1. The molecule has 0 atom stereocenters. The van der Waals surface area contributed by atoms with Crippen molar-refractivity contribution in [1.82, 2.24) is 10.4 Å². The number of para-hydroxylation sites is 1. The number of amides is 1. The van der Waals surface area contributed by atoms with Crippen molar-refractivity contribution in [2.24, 2.45) is 11.0 Å². The van der Waals surface area contributed by atoms with Crippen LogP contribution in [0.25, 0.3) is 0 Å². The fourth-order valence-corrected chi connectivity index (χ4v) is 2.16. The van der Waals surface area contributed by atoms with Crippen LogP contribution in [0, 0.1) is 5.92 Å². The van der Waals surface area contributed by atoms with E-state index in [9.17, 15) is 4.79 Å². The number of carbonyl (C=O) groups excluding carboxylic acids is 1. The zero-order chi connectivity index (χ0) is 18.7. The first-order valence-electron chi connectivity index (χ1n) is 8.63. The van der Waals surface area contributed by atoms with Crippen LogP contribution in [0.4, 0.5) is 0 Å². The number of ether oxygens (including phenoxy) is 1. The van der Waals surface area contributed by atoms with Gasteiger partial charge in [0.1, 0.15) is 5.75 Å². The van der Waals surface area contributed by atoms with Crippen molar-refractivity contribution in [3.8, 4) is 5.75 Å². The maximum absolute atomic E-state index is 12.4. The molecule has 0 aliphatic heterocycles. The van der Waals surface area contributed by atoms with Gasteiger partial charge in [0.05, 0.1) is 17.9 Å². The fourth-order valence-electron chi connectivity index (χ4n) is 2.16. The van der Waals surface area contributed by atoms with E-state index in [-0.39, 0.29) is 11.8 Å². The van der Waals surface area contributed by atoms with Gasteiger partial charge in [0.25, 0.3) is 5.91 Å². The lowest BCUT2D eigenvalue weighted by atomic mass is 10.0. The third kappa shape index (κ3) is 6.03. The van der Waals surface area contributed by atoms with E-state index >= 15 is 0 Å². The van der Waals surface area contributed by atoms with Gasteiger partial charge in [-0.1, -0.05) is 39.8 Å². The van der Waals surface area contributed by atoms with Crippen LogP contribution in [-0.4, -0.2) is 23.2 Å². The van der Waals surface area contributed by atoms with E-state index < -0.39 is 0 Å². The second-order valence-corrected chi connectivity index (χ2v) is 5.26. The molecule has 0 saturated heterocycles. The van der Waals surface area contributed by atoms with Crippen LogP contribution in [-0.2, 0) is 0 Å². The molecule has 0 radical (unpaired) electrons. The Hall–Kier alpha value is -2.69. The first kappa shape index (κ1) is 20.4. The number of hydrogen-bond donors (Lipinski definition) is 1. The Bertz CT molecular complexity index is 682. The normalized spacial score (nSPS) is 10.7. The lowest BCUT2D eigenvalue weighted by Crippen LogP contribution is -2.23. The van der Waals surface area contributed by atoms with E-state index in [0.717, 1.165) is 11.3 Å². The Labute approximate surface area is 150 Å². The molecular formula is C20H27N3O2. The van der Waals surface area contributed by atoms with Gasteiger partial charge in [0.2, 0.25) is 0 Å². The molecule has 0 spiro atoms. The van der Waals surface area contributed by atoms with E-state index in [0.29, 0.717) is 17.9 Å². The minimum atomic E-state index is -0.291. The lowest BCUT2D eigenvalue weighted by Gasteiger charge is -2.12. The summed E-state index contributed by atoms with van der Waals surface area (Å²) >= 11 is 0. The Balaban J connectivity index is 0.00000151. The molecule has 25 heavy (non-hydrogen) atoms. The second-order valence-electron chi connectivity index (χ2n) is 5.26. The summed E-state index contributed by atoms with van der Waals surface area (Å²) in [5.41, 5.74) is 4.83. The highest BCUT2D eigenvalue weighted by molar-refractivity contribution is 6.03. The minimum Gasteiger partial charge on any atom is -0.493 e. The Morgan fingerprint density at radius 1 is 1.16 bits per heavy atom. The molecule has 2 aromatic rings. The quantitative estimate of drug-likeness (QED) is 0.629. The zero-order valence-electron chi connectivity index (χ0n) is 15.6. The number of nitrogens with one attached hydrogen (secondary N) is 1. The van der Waals surface area contributed by atoms with Crippen LogP contribution < -0.4 is 10.2 Å². The summed E-state index contributed by atoms with van der Waals surface area (Å²) in [5, 5.41) is 4.30. The molecule has 0 fully saturated rings. The maximum atomic E-state index is 12.4. The molecule has 1 aromatic carbocycles. The Morgan fingerprint density at radius 3 is 2.40 bits per heavy atom. The predicted molar refractivity (Wildman–Crippen MR) is 102 cm³/mol. The lowest BCUT2D eigenvalue weighted by molar-refractivity contribution is 0.0951. The van der Waals surface area contributed by atoms with Gasteiger partial charge in [-0.3, -0.25) is 9.78 Å². The van der Waals surface area contributed by atoms with Crippen LogP contribution in [0.5, 0.6) is 5.75 Å². The third-order valence-corrected chi connectivity index (χ3v) is 3.23. The number of aromatic nitrogens is 1. The number of pyridine rings is 1. The number of nitrogens with zero attached hydrogens (tertiary/aromatic N) is 2. The largest absolute Gasteiger partial charge is 0.493 e. The Morgan fingerprint density at radius 2 is 1.80 bits per heavy atom. The highest BCUT2D eigenvalue weighted by Crippen LogP contribution is 2.18. The molecule has 0 bridgehead atoms. The summed E-state index contributed by atoms with van der Waals surface area (Å²) in [6.07, 6.45) is 3.42. The first-order valence-corrected chi connectivity index (χ1v) is 8.63. The topological polar surface area (TPSA) is 63.6 Å². The molecule has 2 rings (SSSR count). The van der Waals surface area contributed by atoms with E-state index in [2.05, 4.69) is 15.5 Å². The molecule has 5 nitrogen and oxygen atoms in total. The van der Waals surface area contributed by atoms with E-state index in [1.54, 1.807) is 30.6 Å². The van der Waals surface area contributed by atoms with Crippen molar-refractivity contribution in [2.45, 2.75) is 34.6 Å². The van der Waals surface area contributed by atoms with Gasteiger partial charge in [0, 0.05) is 18.0 Å². The van der Waals surface area contributed by atoms with E-state index in [1.807, 2.05) is 52.8 Å². The summed E-state index contributed by atoms with van der Waals surface area (Å²) < 4.78 is 5.48. The molecule has 1 aromatic heterocycles. The molecule has 0 aliphatic rings. The molecule has 1 amide bonds. The molecule has 0 saturated carbocycles. The monoisotopic (exact) mass is 341 g/mol. The van der Waals surface area contributed by atoms with Gasteiger partial charge in [-0.15, -0.1) is 0 Å². The summed E-state index contributed by atoms with van der Waals surface area (Å²) in [7, 11) is 0. The van der Waals surface area contributed by atoms with Crippen molar-refractivity contribution < 1.29 is 9.53 Å². The summed E-state index contributed by atoms with van der Waals surface area (Å²) in [6, 6.07) is 10.9. The fraction of sp³-hybridized carbons (Fsp3) is 0.350. The third-order valence-electron chi connectivity index (χ3n) is 3.23. The van der Waals surface area contributed by atoms with E-state index in [4.69, 9.17) is 4.74 Å². The van der Waals surface area contributed by atoms with Gasteiger partial charge < -0.3 is 4.74 Å². The van der Waals surface area contributed by atoms with Crippen molar-refractivity contribution in [3.63, 3.8) is 0 Å². The number of benzene rings is 1. The van der Waals surface area contributed by atoms with Gasteiger partial charge >= 0.3 is 0 Å². The van der Waals surface area contributed by atoms with Crippen LogP contribution in [0.1, 0.15) is 50.5 Å². The van der Waals surface area contributed by atoms with Crippen molar-refractivity contribution in [3.05, 3.63) is 59.9 Å². The van der Waals surface area contributed by atoms with Gasteiger partial charge in [-0.05, 0) is 37.1 Å². The molecule has 1 N–H and O–H groups in total. The van der Waals surface area contributed by atoms with Crippen LogP contribution in [0.15, 0.2) is 53.9 Å². The van der Waals surface area contributed by atoms with E-state index in [1.165, 1.54) is 0 Å². The number of hydrogen-bond acceptors (Lipinski definition) is 4. The number of hydrazone groups is 1. The SMILES string of the molecule is CC.CCOc1ccccc1C(=O)N/N=C(\c1ccncc1)C(C)C. The minimum absolute atomic E-state index is 0.167. The molecule has 134 valence electrons. The standard InChI is InChI=1S/C18H21N3O2.C2H6/c1-4-23-16-8-6-5-7-15(16)18(22)21-20-17(13(2)3)14-9-11-19-12-10-14;1-2/h5-13H,4H2,1-3H3,(H,21,22);1-2H3/b20-17-;. The second kappa shape index (κ2) is 11.0. The zero-order valence-corrected chi connectivity index (χ0v) is 15.6. The highest BCUT2D eigenvalue weighted by Gasteiger charge is 2.13. The van der Waals surface area contributed by atoms with Crippen LogP contribution in [0.2, 0.25) is 0 Å². The molecule has 0 unspecified atom stereocenters. The van der Waals surface area contributed by atoms with Crippen LogP contribution in [0.3, 0.4) is 0 Å². The average Bonchev–Trinajstić information content (AvgIpc) is 2.65. The molecule has 0 aliphatic carbocycles. The Kier molecular flexibility index (Phi) is 8.93. The number of rotatable bonds is 6. The smallest absolute Gasteiger partial charge is 0.275 e. The van der Waals surface area contributed by atoms with Crippen molar-refractivity contribution in [2.75, 3.05) is 6.61 Å². The van der Waals surface area contributed by atoms with Crippen molar-refractivity contribution >= 4 is 11.6 Å². The molecule has 1 heterocycles. The predicted octanol–water partition coefficient (Wildman–Crippen LogP) is 4.30.